The SMILES string of the molecule is CCCOc1ccc(C[C@H](Cc2ccccc2)C(=O)N2C(=O)OC[C@@H]2Cc2ccccc2)cc1C=O. The molecule has 1 fully saturated rings. The molecule has 0 N–H and O–H groups in total. The van der Waals surface area contributed by atoms with Crippen LogP contribution in [0.2, 0.25) is 0 Å². The van der Waals surface area contributed by atoms with Gasteiger partial charge < -0.3 is 9.47 Å². The largest absolute Gasteiger partial charge is 0.493 e. The topological polar surface area (TPSA) is 72.9 Å². The van der Waals surface area contributed by atoms with Gasteiger partial charge in [0.05, 0.1) is 18.2 Å². The normalized spacial score (nSPS) is 15.9. The number of benzene rings is 3. The Balaban J connectivity index is 1.59. The van der Waals surface area contributed by atoms with Crippen LogP contribution in [0.1, 0.15) is 40.4 Å². The first-order valence-electron chi connectivity index (χ1n) is 12.4. The summed E-state index contributed by atoms with van der Waals surface area (Å²) in [5.41, 5.74) is 3.33. The van der Waals surface area contributed by atoms with Crippen LogP contribution in [0.3, 0.4) is 0 Å². The van der Waals surface area contributed by atoms with E-state index < -0.39 is 12.0 Å². The molecule has 3 aromatic carbocycles. The van der Waals surface area contributed by atoms with E-state index in [1.54, 1.807) is 12.1 Å². The molecule has 4 rings (SSSR count). The molecule has 0 saturated carbocycles. The van der Waals surface area contributed by atoms with Crippen LogP contribution in [0.25, 0.3) is 0 Å². The molecule has 3 aromatic rings. The van der Waals surface area contributed by atoms with E-state index in [1.807, 2.05) is 73.7 Å². The number of rotatable bonds is 11. The van der Waals surface area contributed by atoms with Gasteiger partial charge in [-0.25, -0.2) is 9.69 Å². The van der Waals surface area contributed by atoms with Crippen molar-refractivity contribution in [1.29, 1.82) is 0 Å². The summed E-state index contributed by atoms with van der Waals surface area (Å²) in [7, 11) is 0. The van der Waals surface area contributed by atoms with Gasteiger partial charge in [-0.1, -0.05) is 73.7 Å². The van der Waals surface area contributed by atoms with Crippen LogP contribution in [-0.2, 0) is 28.8 Å². The minimum atomic E-state index is -0.601. The molecule has 36 heavy (non-hydrogen) atoms. The predicted molar refractivity (Wildman–Crippen MR) is 137 cm³/mol. The molecular weight excluding hydrogens is 454 g/mol. The average molecular weight is 486 g/mol. The highest BCUT2D eigenvalue weighted by molar-refractivity contribution is 5.95. The third-order valence-electron chi connectivity index (χ3n) is 6.33. The number of aldehydes is 1. The first-order valence-corrected chi connectivity index (χ1v) is 12.4. The second-order valence-electron chi connectivity index (χ2n) is 9.06. The Hall–Kier alpha value is -3.93. The van der Waals surface area contributed by atoms with Crippen LogP contribution < -0.4 is 4.74 Å². The van der Waals surface area contributed by atoms with Crippen molar-refractivity contribution in [2.45, 2.75) is 38.6 Å². The van der Waals surface area contributed by atoms with E-state index in [9.17, 15) is 14.4 Å². The van der Waals surface area contributed by atoms with Gasteiger partial charge in [0, 0.05) is 5.92 Å². The molecule has 186 valence electrons. The Morgan fingerprint density at radius 1 is 1.00 bits per heavy atom. The smallest absolute Gasteiger partial charge is 0.416 e. The number of hydrogen-bond acceptors (Lipinski definition) is 5. The first-order chi connectivity index (χ1) is 17.6. The van der Waals surface area contributed by atoms with Gasteiger partial charge in [0.25, 0.3) is 0 Å². The molecule has 0 bridgehead atoms. The monoisotopic (exact) mass is 485 g/mol. The number of imide groups is 1. The van der Waals surface area contributed by atoms with Crippen molar-refractivity contribution >= 4 is 18.3 Å². The number of carbonyl (C=O) groups excluding carboxylic acids is 3. The lowest BCUT2D eigenvalue weighted by Gasteiger charge is -2.25. The van der Waals surface area contributed by atoms with E-state index in [-0.39, 0.29) is 18.6 Å². The Kier molecular flexibility index (Phi) is 8.50. The van der Waals surface area contributed by atoms with Crippen LogP contribution in [0, 0.1) is 5.92 Å². The van der Waals surface area contributed by atoms with E-state index in [0.29, 0.717) is 37.2 Å². The van der Waals surface area contributed by atoms with Crippen LogP contribution in [0.5, 0.6) is 5.75 Å². The Bertz CT molecular complexity index is 1180. The molecule has 2 atom stereocenters. The minimum Gasteiger partial charge on any atom is -0.493 e. The van der Waals surface area contributed by atoms with Gasteiger partial charge in [-0.3, -0.25) is 9.59 Å². The Morgan fingerprint density at radius 3 is 2.33 bits per heavy atom. The van der Waals surface area contributed by atoms with Crippen molar-refractivity contribution in [2.24, 2.45) is 5.92 Å². The zero-order valence-electron chi connectivity index (χ0n) is 20.5. The summed E-state index contributed by atoms with van der Waals surface area (Å²) in [4.78, 5) is 39.5. The zero-order valence-corrected chi connectivity index (χ0v) is 20.5. The molecule has 1 heterocycles. The standard InChI is InChI=1S/C30H31NO5/c1-2-15-35-28-14-13-24(18-26(28)20-32)17-25(16-22-9-5-3-6-10-22)29(33)31-27(21-36-30(31)34)19-23-11-7-4-8-12-23/h3-14,18,20,25,27H,2,15-17,19,21H2,1H3/t25-,27-/m0/s1. The van der Waals surface area contributed by atoms with E-state index >= 15 is 0 Å². The average Bonchev–Trinajstić information content (AvgIpc) is 3.27. The van der Waals surface area contributed by atoms with Crippen molar-refractivity contribution in [3.63, 3.8) is 0 Å². The van der Waals surface area contributed by atoms with Gasteiger partial charge in [-0.2, -0.15) is 0 Å². The maximum Gasteiger partial charge on any atom is 0.416 e. The highest BCUT2D eigenvalue weighted by Gasteiger charge is 2.40. The van der Waals surface area contributed by atoms with Crippen molar-refractivity contribution < 1.29 is 23.9 Å². The summed E-state index contributed by atoms with van der Waals surface area (Å²) in [5, 5.41) is 0. The van der Waals surface area contributed by atoms with Crippen molar-refractivity contribution in [2.75, 3.05) is 13.2 Å². The molecule has 0 spiro atoms. The lowest BCUT2D eigenvalue weighted by Crippen LogP contribution is -2.44. The summed E-state index contributed by atoms with van der Waals surface area (Å²) in [6.45, 7) is 2.70. The number of carbonyl (C=O) groups is 3. The summed E-state index contributed by atoms with van der Waals surface area (Å²) in [5.74, 6) is -0.230. The van der Waals surface area contributed by atoms with Gasteiger partial charge in [-0.15, -0.1) is 0 Å². The van der Waals surface area contributed by atoms with Gasteiger partial charge >= 0.3 is 6.09 Å². The number of cyclic esters (lactones) is 1. The van der Waals surface area contributed by atoms with E-state index in [4.69, 9.17) is 9.47 Å². The fourth-order valence-corrected chi connectivity index (χ4v) is 4.55. The number of amides is 2. The fourth-order valence-electron chi connectivity index (χ4n) is 4.55. The number of nitrogens with zero attached hydrogens (tertiary/aromatic N) is 1. The van der Waals surface area contributed by atoms with Crippen LogP contribution in [0.4, 0.5) is 4.79 Å². The highest BCUT2D eigenvalue weighted by Crippen LogP contribution is 2.26. The Morgan fingerprint density at radius 2 is 1.67 bits per heavy atom. The van der Waals surface area contributed by atoms with Gasteiger partial charge in [0.15, 0.2) is 6.29 Å². The lowest BCUT2D eigenvalue weighted by atomic mass is 9.90. The van der Waals surface area contributed by atoms with Crippen molar-refractivity contribution in [3.05, 3.63) is 101 Å². The van der Waals surface area contributed by atoms with E-state index in [0.717, 1.165) is 29.4 Å². The van der Waals surface area contributed by atoms with Crippen LogP contribution in [-0.4, -0.2) is 42.4 Å². The van der Waals surface area contributed by atoms with Gasteiger partial charge in [0.1, 0.15) is 12.4 Å². The maximum absolute atomic E-state index is 13.9. The maximum atomic E-state index is 13.9. The molecule has 1 saturated heterocycles. The second kappa shape index (κ2) is 12.2. The summed E-state index contributed by atoms with van der Waals surface area (Å²) < 4.78 is 11.0. The lowest BCUT2D eigenvalue weighted by molar-refractivity contribution is -0.133. The summed E-state index contributed by atoms with van der Waals surface area (Å²) in [6, 6.07) is 24.6. The third kappa shape index (κ3) is 6.19. The molecule has 0 aromatic heterocycles. The predicted octanol–water partition coefficient (Wildman–Crippen LogP) is 5.28. The summed E-state index contributed by atoms with van der Waals surface area (Å²) >= 11 is 0. The van der Waals surface area contributed by atoms with E-state index in [2.05, 4.69) is 0 Å². The molecule has 1 aliphatic rings. The minimum absolute atomic E-state index is 0.177. The molecule has 1 aliphatic heterocycles. The van der Waals surface area contributed by atoms with Crippen molar-refractivity contribution in [3.8, 4) is 5.75 Å². The zero-order chi connectivity index (χ0) is 25.3. The molecule has 6 nitrogen and oxygen atoms in total. The fraction of sp³-hybridized carbons (Fsp3) is 0.300. The van der Waals surface area contributed by atoms with Crippen LogP contribution in [0.15, 0.2) is 78.9 Å². The molecule has 6 heteroatoms. The molecule has 2 amide bonds. The summed E-state index contributed by atoms with van der Waals surface area (Å²) in [6.07, 6.45) is 2.39. The van der Waals surface area contributed by atoms with Crippen LogP contribution >= 0.6 is 0 Å². The molecule has 0 radical (unpaired) electrons. The number of ether oxygens (including phenoxy) is 2. The van der Waals surface area contributed by atoms with Gasteiger partial charge in [-0.05, 0) is 54.5 Å². The number of hydrogen-bond donors (Lipinski definition) is 0. The molecule has 0 unspecified atom stereocenters. The van der Waals surface area contributed by atoms with E-state index in [1.165, 1.54) is 4.90 Å². The second-order valence-corrected chi connectivity index (χ2v) is 9.06. The van der Waals surface area contributed by atoms with Gasteiger partial charge in [0.2, 0.25) is 5.91 Å². The third-order valence-corrected chi connectivity index (χ3v) is 6.33. The highest BCUT2D eigenvalue weighted by atomic mass is 16.6. The first kappa shape index (κ1) is 25.2. The molecule has 0 aliphatic carbocycles. The Labute approximate surface area is 211 Å². The van der Waals surface area contributed by atoms with Crippen molar-refractivity contribution in [1.82, 2.24) is 4.90 Å². The quantitative estimate of drug-likeness (QED) is 0.346. The molecular formula is C30H31NO5.